The first-order valence-corrected chi connectivity index (χ1v) is 8.97. The van der Waals surface area contributed by atoms with E-state index in [0.717, 1.165) is 5.56 Å². The Hall–Kier alpha value is -0.630. The van der Waals surface area contributed by atoms with Crippen LogP contribution in [-0.4, -0.2) is 48.4 Å². The lowest BCUT2D eigenvalue weighted by atomic mass is 10.1. The molecule has 0 aliphatic carbocycles. The van der Waals surface area contributed by atoms with Gasteiger partial charge in [-0.05, 0) is 37.3 Å². The Morgan fingerprint density at radius 3 is 2.63 bits per heavy atom. The molecular formula is C12H20N2O3S2. The molecule has 108 valence electrons. The van der Waals surface area contributed by atoms with Crippen molar-refractivity contribution in [2.75, 3.05) is 24.3 Å². The highest BCUT2D eigenvalue weighted by molar-refractivity contribution is 7.98. The van der Waals surface area contributed by atoms with Crippen molar-refractivity contribution >= 4 is 21.8 Å². The number of sulfonamides is 1. The zero-order valence-electron chi connectivity index (χ0n) is 11.2. The fourth-order valence-corrected chi connectivity index (χ4v) is 3.40. The van der Waals surface area contributed by atoms with Crippen LogP contribution in [0.1, 0.15) is 12.5 Å². The second-order valence-corrected chi connectivity index (χ2v) is 7.47. The van der Waals surface area contributed by atoms with E-state index < -0.39 is 15.6 Å². The molecular weight excluding hydrogens is 284 g/mol. The Morgan fingerprint density at radius 1 is 1.42 bits per heavy atom. The van der Waals surface area contributed by atoms with Crippen LogP contribution in [-0.2, 0) is 16.4 Å². The van der Waals surface area contributed by atoms with E-state index in [9.17, 15) is 13.5 Å². The highest BCUT2D eigenvalue weighted by atomic mass is 32.2. The molecule has 1 aromatic heterocycles. The third-order valence-electron chi connectivity index (χ3n) is 2.54. The maximum Gasteiger partial charge on any atom is 0.212 e. The zero-order chi connectivity index (χ0) is 14.4. The second-order valence-electron chi connectivity index (χ2n) is 4.68. The van der Waals surface area contributed by atoms with Crippen LogP contribution in [0.15, 0.2) is 24.5 Å². The largest absolute Gasteiger partial charge is 0.388 e. The van der Waals surface area contributed by atoms with Crippen molar-refractivity contribution in [1.82, 2.24) is 9.71 Å². The number of pyridine rings is 1. The maximum absolute atomic E-state index is 11.8. The van der Waals surface area contributed by atoms with Crippen molar-refractivity contribution in [1.29, 1.82) is 0 Å². The molecule has 0 spiro atoms. The summed E-state index contributed by atoms with van der Waals surface area (Å²) in [6.07, 6.45) is 5.58. The minimum absolute atomic E-state index is 0.00631. The van der Waals surface area contributed by atoms with Gasteiger partial charge >= 0.3 is 0 Å². The van der Waals surface area contributed by atoms with E-state index in [1.54, 1.807) is 31.5 Å². The zero-order valence-corrected chi connectivity index (χ0v) is 12.8. The molecule has 0 saturated heterocycles. The molecule has 1 heterocycles. The van der Waals surface area contributed by atoms with Crippen LogP contribution in [0.3, 0.4) is 0 Å². The Bertz CT molecular complexity index is 475. The number of hydrogen-bond donors (Lipinski definition) is 2. The lowest BCUT2D eigenvalue weighted by molar-refractivity contribution is 0.0909. The minimum atomic E-state index is -3.37. The molecule has 0 amide bonds. The number of hydrogen-bond acceptors (Lipinski definition) is 5. The summed E-state index contributed by atoms with van der Waals surface area (Å²) in [7, 11) is -3.37. The molecule has 0 aromatic carbocycles. The van der Waals surface area contributed by atoms with Crippen molar-refractivity contribution in [3.8, 4) is 0 Å². The number of aliphatic hydroxyl groups is 1. The van der Waals surface area contributed by atoms with Crippen LogP contribution >= 0.6 is 11.8 Å². The van der Waals surface area contributed by atoms with Crippen molar-refractivity contribution < 1.29 is 13.5 Å². The predicted molar refractivity (Wildman–Crippen MR) is 78.7 cm³/mol. The van der Waals surface area contributed by atoms with Gasteiger partial charge in [-0.3, -0.25) is 4.98 Å². The molecule has 1 unspecified atom stereocenters. The van der Waals surface area contributed by atoms with Crippen LogP contribution in [0.4, 0.5) is 0 Å². The number of nitrogens with one attached hydrogen (secondary N) is 1. The summed E-state index contributed by atoms with van der Waals surface area (Å²) in [5.41, 5.74) is -0.0976. The lowest BCUT2D eigenvalue weighted by Crippen LogP contribution is -2.43. The molecule has 0 aliphatic rings. The molecule has 1 atom stereocenters. The summed E-state index contributed by atoms with van der Waals surface area (Å²) in [5, 5.41) is 9.91. The molecule has 19 heavy (non-hydrogen) atoms. The monoisotopic (exact) mass is 304 g/mol. The topological polar surface area (TPSA) is 79.3 Å². The Morgan fingerprint density at radius 2 is 2.05 bits per heavy atom. The van der Waals surface area contributed by atoms with Gasteiger partial charge in [-0.15, -0.1) is 0 Å². The fourth-order valence-electron chi connectivity index (χ4n) is 1.50. The number of aryl methyl sites for hydroxylation is 1. The number of aromatic nitrogens is 1. The fraction of sp³-hybridized carbons (Fsp3) is 0.583. The third kappa shape index (κ3) is 6.91. The van der Waals surface area contributed by atoms with Gasteiger partial charge in [0.2, 0.25) is 10.0 Å². The van der Waals surface area contributed by atoms with Crippen molar-refractivity contribution in [2.24, 2.45) is 0 Å². The van der Waals surface area contributed by atoms with Crippen molar-refractivity contribution in [3.63, 3.8) is 0 Å². The van der Waals surface area contributed by atoms with Gasteiger partial charge in [-0.2, -0.15) is 11.8 Å². The summed E-state index contributed by atoms with van der Waals surface area (Å²) < 4.78 is 26.1. The smallest absolute Gasteiger partial charge is 0.212 e. The van der Waals surface area contributed by atoms with Crippen molar-refractivity contribution in [3.05, 3.63) is 30.1 Å². The molecule has 1 aromatic rings. The van der Waals surface area contributed by atoms with E-state index in [1.165, 1.54) is 11.8 Å². The predicted octanol–water partition coefficient (Wildman–Crippen LogP) is 0.657. The number of nitrogens with zero attached hydrogens (tertiary/aromatic N) is 1. The van der Waals surface area contributed by atoms with Crippen molar-refractivity contribution in [2.45, 2.75) is 18.9 Å². The van der Waals surface area contributed by atoms with Gasteiger partial charge in [0.25, 0.3) is 0 Å². The Balaban J connectivity index is 2.44. The van der Waals surface area contributed by atoms with Gasteiger partial charge in [0.15, 0.2) is 0 Å². The molecule has 0 radical (unpaired) electrons. The van der Waals surface area contributed by atoms with Crippen LogP contribution < -0.4 is 4.72 Å². The first kappa shape index (κ1) is 16.4. The first-order chi connectivity index (χ1) is 8.85. The van der Waals surface area contributed by atoms with Crippen LogP contribution in [0.2, 0.25) is 0 Å². The quantitative estimate of drug-likeness (QED) is 0.737. The van der Waals surface area contributed by atoms with E-state index >= 15 is 0 Å². The van der Waals surface area contributed by atoms with Gasteiger partial charge in [0.05, 0.1) is 11.4 Å². The standard InChI is InChI=1S/C12H20N2O3S2/c1-12(15,10-18-2)9-14-19(16,17)8-5-11-3-6-13-7-4-11/h3-4,6-7,14-15H,5,8-10H2,1-2H3. The third-order valence-corrected chi connectivity index (χ3v) is 4.77. The van der Waals surface area contributed by atoms with Crippen LogP contribution in [0, 0.1) is 0 Å². The second kappa shape index (κ2) is 7.23. The average Bonchev–Trinajstić information content (AvgIpc) is 2.36. The molecule has 1 rings (SSSR count). The summed E-state index contributed by atoms with van der Waals surface area (Å²) in [4.78, 5) is 3.88. The molecule has 7 heteroatoms. The van der Waals surface area contributed by atoms with E-state index in [-0.39, 0.29) is 12.3 Å². The highest BCUT2D eigenvalue weighted by Crippen LogP contribution is 2.09. The SMILES string of the molecule is CSCC(C)(O)CNS(=O)(=O)CCc1ccncc1. The number of thioether (sulfide) groups is 1. The van der Waals surface area contributed by atoms with Gasteiger partial charge < -0.3 is 5.11 Å². The number of rotatable bonds is 8. The van der Waals surface area contributed by atoms with Gasteiger partial charge in [-0.1, -0.05) is 0 Å². The molecule has 0 saturated carbocycles. The van der Waals surface area contributed by atoms with E-state index in [2.05, 4.69) is 9.71 Å². The normalized spacial score (nSPS) is 15.1. The van der Waals surface area contributed by atoms with Crippen LogP contribution in [0.25, 0.3) is 0 Å². The molecule has 5 nitrogen and oxygen atoms in total. The van der Waals surface area contributed by atoms with E-state index in [4.69, 9.17) is 0 Å². The van der Waals surface area contributed by atoms with Crippen LogP contribution in [0.5, 0.6) is 0 Å². The van der Waals surface area contributed by atoms with Gasteiger partial charge in [0.1, 0.15) is 0 Å². The molecule has 2 N–H and O–H groups in total. The molecule has 0 bridgehead atoms. The van der Waals surface area contributed by atoms with E-state index in [1.807, 2.05) is 6.26 Å². The summed E-state index contributed by atoms with van der Waals surface area (Å²) in [6, 6.07) is 3.58. The van der Waals surface area contributed by atoms with E-state index in [0.29, 0.717) is 12.2 Å². The maximum atomic E-state index is 11.8. The lowest BCUT2D eigenvalue weighted by Gasteiger charge is -2.22. The molecule has 0 aliphatic heterocycles. The van der Waals surface area contributed by atoms with Gasteiger partial charge in [-0.25, -0.2) is 13.1 Å². The first-order valence-electron chi connectivity index (χ1n) is 5.92. The Kier molecular flexibility index (Phi) is 6.25. The Labute approximate surface area is 118 Å². The molecule has 0 fully saturated rings. The highest BCUT2D eigenvalue weighted by Gasteiger charge is 2.22. The average molecular weight is 304 g/mol. The summed E-state index contributed by atoms with van der Waals surface area (Å²) in [6.45, 7) is 1.65. The van der Waals surface area contributed by atoms with Gasteiger partial charge in [0, 0.05) is 24.7 Å². The summed E-state index contributed by atoms with van der Waals surface area (Å²) in [5.74, 6) is 0.492. The minimum Gasteiger partial charge on any atom is -0.388 e. The summed E-state index contributed by atoms with van der Waals surface area (Å²) >= 11 is 1.48.